The van der Waals surface area contributed by atoms with E-state index in [0.717, 1.165) is 5.56 Å². The molecule has 1 fully saturated rings. The molecule has 2 aromatic rings. The second kappa shape index (κ2) is 8.47. The molecule has 1 aliphatic rings. The van der Waals surface area contributed by atoms with Crippen LogP contribution in [-0.2, 0) is 11.2 Å². The molecule has 0 aromatic heterocycles. The molecule has 0 aliphatic carbocycles. The Morgan fingerprint density at radius 1 is 0.885 bits per heavy atom. The fourth-order valence-electron chi connectivity index (χ4n) is 2.86. The third kappa shape index (κ3) is 4.59. The molecule has 1 saturated heterocycles. The summed E-state index contributed by atoms with van der Waals surface area (Å²) in [5, 5.41) is 0. The van der Waals surface area contributed by atoms with Gasteiger partial charge in [0.1, 0.15) is 5.82 Å². The number of amides is 2. The first-order valence-corrected chi connectivity index (χ1v) is 8.64. The monoisotopic (exact) mass is 356 g/mol. The Morgan fingerprint density at radius 2 is 1.50 bits per heavy atom. The zero-order valence-corrected chi connectivity index (χ0v) is 14.4. The molecule has 2 amide bonds. The normalized spacial score (nSPS) is 14.2. The van der Waals surface area contributed by atoms with Gasteiger partial charge in [0.2, 0.25) is 0 Å². The highest BCUT2D eigenvalue weighted by Crippen LogP contribution is 2.11. The molecule has 26 heavy (non-hydrogen) atoms. The molecule has 3 rings (SSSR count). The van der Waals surface area contributed by atoms with E-state index in [1.807, 2.05) is 30.3 Å². The molecule has 0 spiro atoms. The summed E-state index contributed by atoms with van der Waals surface area (Å²) in [6.07, 6.45) is 0.324. The number of hydrogen-bond acceptors (Lipinski definition) is 3. The number of halogens is 1. The molecule has 136 valence electrons. The summed E-state index contributed by atoms with van der Waals surface area (Å²) in [7, 11) is 0. The number of rotatable bonds is 4. The van der Waals surface area contributed by atoms with Gasteiger partial charge < -0.3 is 14.5 Å². The zero-order chi connectivity index (χ0) is 18.4. The van der Waals surface area contributed by atoms with Crippen molar-refractivity contribution in [2.75, 3.05) is 32.8 Å². The zero-order valence-electron chi connectivity index (χ0n) is 14.4. The van der Waals surface area contributed by atoms with Crippen molar-refractivity contribution >= 4 is 12.0 Å². The predicted molar refractivity (Wildman–Crippen MR) is 95.4 cm³/mol. The van der Waals surface area contributed by atoms with Crippen molar-refractivity contribution in [3.8, 4) is 0 Å². The van der Waals surface area contributed by atoms with E-state index in [4.69, 9.17) is 4.74 Å². The van der Waals surface area contributed by atoms with Gasteiger partial charge in [-0.1, -0.05) is 30.3 Å². The van der Waals surface area contributed by atoms with E-state index in [2.05, 4.69) is 0 Å². The van der Waals surface area contributed by atoms with Crippen LogP contribution in [-0.4, -0.2) is 54.6 Å². The molecule has 0 atom stereocenters. The molecule has 6 heteroatoms. The minimum atomic E-state index is -0.371. The lowest BCUT2D eigenvalue weighted by Gasteiger charge is -2.34. The van der Waals surface area contributed by atoms with Crippen molar-refractivity contribution in [3.05, 3.63) is 71.5 Å². The van der Waals surface area contributed by atoms with Gasteiger partial charge in [0.15, 0.2) is 0 Å². The number of carbonyl (C=O) groups excluding carboxylic acids is 2. The first kappa shape index (κ1) is 17.9. The van der Waals surface area contributed by atoms with Crippen LogP contribution in [0.4, 0.5) is 9.18 Å². The summed E-state index contributed by atoms with van der Waals surface area (Å²) in [6.45, 7) is 2.06. The Balaban J connectivity index is 1.43. The van der Waals surface area contributed by atoms with Gasteiger partial charge in [-0.05, 0) is 29.8 Å². The highest BCUT2D eigenvalue weighted by molar-refractivity contribution is 5.94. The largest absolute Gasteiger partial charge is 0.449 e. The van der Waals surface area contributed by atoms with Crippen molar-refractivity contribution in [2.45, 2.75) is 6.42 Å². The molecule has 1 heterocycles. The maximum absolute atomic E-state index is 13.0. The molecular formula is C20H21FN2O3. The quantitative estimate of drug-likeness (QED) is 0.846. The van der Waals surface area contributed by atoms with E-state index in [1.165, 1.54) is 24.3 Å². The highest BCUT2D eigenvalue weighted by atomic mass is 19.1. The van der Waals surface area contributed by atoms with Crippen molar-refractivity contribution in [2.24, 2.45) is 0 Å². The lowest BCUT2D eigenvalue weighted by molar-refractivity contribution is 0.0562. The lowest BCUT2D eigenvalue weighted by Crippen LogP contribution is -2.50. The Hall–Kier alpha value is -2.89. The Kier molecular flexibility index (Phi) is 5.84. The van der Waals surface area contributed by atoms with Crippen LogP contribution in [0.2, 0.25) is 0 Å². The highest BCUT2D eigenvalue weighted by Gasteiger charge is 2.25. The van der Waals surface area contributed by atoms with Gasteiger partial charge in [-0.15, -0.1) is 0 Å². The predicted octanol–water partition coefficient (Wildman–Crippen LogP) is 2.96. The van der Waals surface area contributed by atoms with Gasteiger partial charge in [0.25, 0.3) is 5.91 Å². The topological polar surface area (TPSA) is 49.9 Å². The van der Waals surface area contributed by atoms with Crippen molar-refractivity contribution in [1.82, 2.24) is 9.80 Å². The van der Waals surface area contributed by atoms with Crippen LogP contribution in [0.15, 0.2) is 54.6 Å². The smallest absolute Gasteiger partial charge is 0.409 e. The third-order valence-corrected chi connectivity index (χ3v) is 4.38. The third-order valence-electron chi connectivity index (χ3n) is 4.38. The number of ether oxygens (including phenoxy) is 1. The van der Waals surface area contributed by atoms with Crippen LogP contribution in [0.3, 0.4) is 0 Å². The van der Waals surface area contributed by atoms with Gasteiger partial charge in [-0.2, -0.15) is 0 Å². The van der Waals surface area contributed by atoms with Crippen LogP contribution in [0, 0.1) is 5.82 Å². The van der Waals surface area contributed by atoms with Crippen molar-refractivity contribution in [1.29, 1.82) is 0 Å². The summed E-state index contributed by atoms with van der Waals surface area (Å²) in [4.78, 5) is 27.8. The van der Waals surface area contributed by atoms with E-state index in [9.17, 15) is 14.0 Å². The Labute approximate surface area is 152 Å². The Morgan fingerprint density at radius 3 is 2.15 bits per heavy atom. The van der Waals surface area contributed by atoms with Crippen LogP contribution >= 0.6 is 0 Å². The van der Waals surface area contributed by atoms with E-state index < -0.39 is 0 Å². The number of hydrogen-bond donors (Lipinski definition) is 0. The van der Waals surface area contributed by atoms with Gasteiger partial charge in [-0.3, -0.25) is 4.79 Å². The first-order valence-electron chi connectivity index (χ1n) is 8.64. The fourth-order valence-corrected chi connectivity index (χ4v) is 2.86. The molecule has 2 aromatic carbocycles. The molecule has 5 nitrogen and oxygen atoms in total. The molecule has 0 saturated carbocycles. The fraction of sp³-hybridized carbons (Fsp3) is 0.300. The van der Waals surface area contributed by atoms with E-state index in [1.54, 1.807) is 9.80 Å². The second-order valence-corrected chi connectivity index (χ2v) is 6.14. The molecular weight excluding hydrogens is 335 g/mol. The molecule has 0 bridgehead atoms. The van der Waals surface area contributed by atoms with Crippen LogP contribution in [0.5, 0.6) is 0 Å². The lowest BCUT2D eigenvalue weighted by atomic mass is 10.2. The number of nitrogens with zero attached hydrogens (tertiary/aromatic N) is 2. The van der Waals surface area contributed by atoms with Gasteiger partial charge >= 0.3 is 6.09 Å². The minimum absolute atomic E-state index is 0.151. The average Bonchev–Trinajstić information content (AvgIpc) is 2.69. The minimum Gasteiger partial charge on any atom is -0.449 e. The van der Waals surface area contributed by atoms with Gasteiger partial charge in [0, 0.05) is 38.2 Å². The number of benzene rings is 2. The van der Waals surface area contributed by atoms with Gasteiger partial charge in [0.05, 0.1) is 6.61 Å². The van der Waals surface area contributed by atoms with Crippen LogP contribution in [0.1, 0.15) is 15.9 Å². The average molecular weight is 356 g/mol. The van der Waals surface area contributed by atoms with E-state index in [-0.39, 0.29) is 17.8 Å². The number of piperazine rings is 1. The maximum atomic E-state index is 13.0. The van der Waals surface area contributed by atoms with Crippen molar-refractivity contribution in [3.63, 3.8) is 0 Å². The second-order valence-electron chi connectivity index (χ2n) is 6.14. The van der Waals surface area contributed by atoms with Gasteiger partial charge in [-0.25, -0.2) is 9.18 Å². The molecule has 0 N–H and O–H groups in total. The van der Waals surface area contributed by atoms with Crippen molar-refractivity contribution < 1.29 is 18.7 Å². The molecule has 1 aliphatic heterocycles. The van der Waals surface area contributed by atoms with E-state index in [0.29, 0.717) is 44.8 Å². The van der Waals surface area contributed by atoms with Crippen LogP contribution in [0.25, 0.3) is 0 Å². The number of carbonyl (C=O) groups is 2. The standard InChI is InChI=1S/C20H21FN2O3/c21-18-8-6-17(7-9-18)19(24)22-11-13-23(14-12-22)20(25)26-15-10-16-4-2-1-3-5-16/h1-9H,10-15H2. The summed E-state index contributed by atoms with van der Waals surface area (Å²) in [5.74, 6) is -0.522. The SMILES string of the molecule is O=C(OCCc1ccccc1)N1CCN(C(=O)c2ccc(F)cc2)CC1. The first-order chi connectivity index (χ1) is 12.6. The Bertz CT molecular complexity index is 741. The summed E-state index contributed by atoms with van der Waals surface area (Å²) in [5.41, 5.74) is 1.57. The van der Waals surface area contributed by atoms with E-state index >= 15 is 0 Å². The summed E-state index contributed by atoms with van der Waals surface area (Å²) in [6, 6.07) is 15.3. The molecule has 0 unspecified atom stereocenters. The summed E-state index contributed by atoms with van der Waals surface area (Å²) < 4.78 is 18.3. The molecule has 0 radical (unpaired) electrons. The maximum Gasteiger partial charge on any atom is 0.409 e. The summed E-state index contributed by atoms with van der Waals surface area (Å²) >= 11 is 0. The van der Waals surface area contributed by atoms with Crippen LogP contribution < -0.4 is 0 Å².